The molecule has 1 aromatic carbocycles. The molecule has 1 rings (SSSR count). The second kappa shape index (κ2) is 6.28. The lowest BCUT2D eigenvalue weighted by molar-refractivity contribution is -0.116. The topological polar surface area (TPSA) is 41.1 Å². The van der Waals surface area contributed by atoms with Gasteiger partial charge in [0.1, 0.15) is 0 Å². The smallest absolute Gasteiger partial charge is 0.224 e. The standard InChI is InChI=1S/C13H20N2O/c1-10-6-7-11(2)12(9-10)15-13(16)5-4-8-14-3/h6-7,9,14H,4-5,8H2,1-3H3,(H,15,16). The molecular formula is C13H20N2O. The van der Waals surface area contributed by atoms with Crippen molar-refractivity contribution in [2.45, 2.75) is 26.7 Å². The van der Waals surface area contributed by atoms with Crippen LogP contribution >= 0.6 is 0 Å². The van der Waals surface area contributed by atoms with E-state index in [1.54, 1.807) is 0 Å². The van der Waals surface area contributed by atoms with Gasteiger partial charge in [-0.2, -0.15) is 0 Å². The van der Waals surface area contributed by atoms with E-state index in [1.807, 2.05) is 39.1 Å². The first-order chi connectivity index (χ1) is 7.63. The van der Waals surface area contributed by atoms with Crippen molar-refractivity contribution in [3.63, 3.8) is 0 Å². The van der Waals surface area contributed by atoms with E-state index in [4.69, 9.17) is 0 Å². The Hall–Kier alpha value is -1.35. The number of nitrogens with one attached hydrogen (secondary N) is 2. The Morgan fingerprint density at radius 3 is 2.75 bits per heavy atom. The van der Waals surface area contributed by atoms with Crippen LogP contribution in [0.2, 0.25) is 0 Å². The van der Waals surface area contributed by atoms with Crippen LogP contribution in [0.5, 0.6) is 0 Å². The van der Waals surface area contributed by atoms with E-state index >= 15 is 0 Å². The zero-order chi connectivity index (χ0) is 12.0. The van der Waals surface area contributed by atoms with Gasteiger partial charge in [0, 0.05) is 12.1 Å². The molecule has 0 aliphatic carbocycles. The number of hydrogen-bond acceptors (Lipinski definition) is 2. The summed E-state index contributed by atoms with van der Waals surface area (Å²) in [6, 6.07) is 6.08. The minimum Gasteiger partial charge on any atom is -0.326 e. The Labute approximate surface area is 97.2 Å². The van der Waals surface area contributed by atoms with E-state index in [2.05, 4.69) is 10.6 Å². The van der Waals surface area contributed by atoms with Gasteiger partial charge in [-0.15, -0.1) is 0 Å². The molecule has 0 spiro atoms. The molecule has 0 aliphatic heterocycles. The van der Waals surface area contributed by atoms with Gasteiger partial charge in [0.2, 0.25) is 5.91 Å². The van der Waals surface area contributed by atoms with Crippen molar-refractivity contribution in [3.05, 3.63) is 29.3 Å². The number of carbonyl (C=O) groups is 1. The molecule has 0 saturated heterocycles. The minimum absolute atomic E-state index is 0.0870. The molecule has 0 unspecified atom stereocenters. The normalized spacial score (nSPS) is 10.2. The zero-order valence-corrected chi connectivity index (χ0v) is 10.3. The Morgan fingerprint density at radius 1 is 1.31 bits per heavy atom. The van der Waals surface area contributed by atoms with Crippen LogP contribution in [0, 0.1) is 13.8 Å². The molecule has 0 radical (unpaired) electrons. The molecule has 0 fully saturated rings. The van der Waals surface area contributed by atoms with Gasteiger partial charge in [0.05, 0.1) is 0 Å². The second-order valence-electron chi connectivity index (χ2n) is 4.07. The van der Waals surface area contributed by atoms with Crippen LogP contribution in [0.25, 0.3) is 0 Å². The van der Waals surface area contributed by atoms with E-state index in [1.165, 1.54) is 0 Å². The number of hydrogen-bond donors (Lipinski definition) is 2. The Kier molecular flexibility index (Phi) is 4.99. The molecule has 88 valence electrons. The van der Waals surface area contributed by atoms with Crippen molar-refractivity contribution in [1.29, 1.82) is 0 Å². The lowest BCUT2D eigenvalue weighted by Gasteiger charge is -2.09. The lowest BCUT2D eigenvalue weighted by atomic mass is 10.1. The third kappa shape index (κ3) is 4.03. The van der Waals surface area contributed by atoms with Crippen LogP contribution in [0.3, 0.4) is 0 Å². The molecule has 2 N–H and O–H groups in total. The van der Waals surface area contributed by atoms with Gasteiger partial charge in [0.25, 0.3) is 0 Å². The van der Waals surface area contributed by atoms with E-state index in [0.717, 1.165) is 29.8 Å². The van der Waals surface area contributed by atoms with Gasteiger partial charge in [-0.1, -0.05) is 12.1 Å². The summed E-state index contributed by atoms with van der Waals surface area (Å²) in [5.74, 6) is 0.0870. The summed E-state index contributed by atoms with van der Waals surface area (Å²) >= 11 is 0. The first kappa shape index (κ1) is 12.7. The number of benzene rings is 1. The van der Waals surface area contributed by atoms with Gasteiger partial charge in [-0.25, -0.2) is 0 Å². The van der Waals surface area contributed by atoms with E-state index in [9.17, 15) is 4.79 Å². The summed E-state index contributed by atoms with van der Waals surface area (Å²) in [6.07, 6.45) is 1.43. The van der Waals surface area contributed by atoms with Crippen molar-refractivity contribution in [3.8, 4) is 0 Å². The minimum atomic E-state index is 0.0870. The number of rotatable bonds is 5. The number of carbonyl (C=O) groups excluding carboxylic acids is 1. The molecule has 0 heterocycles. The van der Waals surface area contributed by atoms with E-state index in [0.29, 0.717) is 6.42 Å². The maximum Gasteiger partial charge on any atom is 0.224 e. The average Bonchev–Trinajstić information content (AvgIpc) is 2.24. The first-order valence-corrected chi connectivity index (χ1v) is 5.65. The number of amides is 1. The maximum atomic E-state index is 11.6. The summed E-state index contributed by atoms with van der Waals surface area (Å²) < 4.78 is 0. The van der Waals surface area contributed by atoms with Gasteiger partial charge >= 0.3 is 0 Å². The molecule has 0 saturated carbocycles. The summed E-state index contributed by atoms with van der Waals surface area (Å²) in [5.41, 5.74) is 3.19. The van der Waals surface area contributed by atoms with Crippen LogP contribution < -0.4 is 10.6 Å². The highest BCUT2D eigenvalue weighted by molar-refractivity contribution is 5.91. The maximum absolute atomic E-state index is 11.6. The zero-order valence-electron chi connectivity index (χ0n) is 10.3. The van der Waals surface area contributed by atoms with Crippen LogP contribution in [0.4, 0.5) is 5.69 Å². The fourth-order valence-corrected chi connectivity index (χ4v) is 1.51. The quantitative estimate of drug-likeness (QED) is 0.747. The third-order valence-electron chi connectivity index (χ3n) is 2.50. The molecule has 1 amide bonds. The molecule has 1 aromatic rings. The SMILES string of the molecule is CNCCCC(=O)Nc1cc(C)ccc1C. The fourth-order valence-electron chi connectivity index (χ4n) is 1.51. The number of aryl methyl sites for hydroxylation is 2. The Balaban J connectivity index is 2.52. The predicted octanol–water partition coefficient (Wildman–Crippen LogP) is 2.24. The summed E-state index contributed by atoms with van der Waals surface area (Å²) in [4.78, 5) is 11.6. The third-order valence-corrected chi connectivity index (χ3v) is 2.50. The summed E-state index contributed by atoms with van der Waals surface area (Å²) in [7, 11) is 1.89. The molecular weight excluding hydrogens is 200 g/mol. The Bertz CT molecular complexity index is 361. The van der Waals surface area contributed by atoms with Crippen molar-refractivity contribution < 1.29 is 4.79 Å². The highest BCUT2D eigenvalue weighted by Crippen LogP contribution is 2.16. The van der Waals surface area contributed by atoms with Gasteiger partial charge in [0.15, 0.2) is 0 Å². The Morgan fingerprint density at radius 2 is 2.06 bits per heavy atom. The second-order valence-corrected chi connectivity index (χ2v) is 4.07. The largest absolute Gasteiger partial charge is 0.326 e. The summed E-state index contributed by atoms with van der Waals surface area (Å²) in [5, 5.41) is 5.97. The molecule has 16 heavy (non-hydrogen) atoms. The van der Waals surface area contributed by atoms with Gasteiger partial charge in [-0.05, 0) is 51.1 Å². The van der Waals surface area contributed by atoms with Crippen LogP contribution in [0.15, 0.2) is 18.2 Å². The van der Waals surface area contributed by atoms with Crippen LogP contribution in [-0.2, 0) is 4.79 Å². The summed E-state index contributed by atoms with van der Waals surface area (Å²) in [6.45, 7) is 4.90. The molecule has 0 bridgehead atoms. The molecule has 3 heteroatoms. The van der Waals surface area contributed by atoms with E-state index in [-0.39, 0.29) is 5.91 Å². The first-order valence-electron chi connectivity index (χ1n) is 5.65. The van der Waals surface area contributed by atoms with Gasteiger partial charge in [-0.3, -0.25) is 4.79 Å². The van der Waals surface area contributed by atoms with Crippen molar-refractivity contribution in [2.24, 2.45) is 0 Å². The van der Waals surface area contributed by atoms with Crippen LogP contribution in [-0.4, -0.2) is 19.5 Å². The van der Waals surface area contributed by atoms with Crippen molar-refractivity contribution in [2.75, 3.05) is 18.9 Å². The number of anilines is 1. The highest BCUT2D eigenvalue weighted by Gasteiger charge is 2.04. The van der Waals surface area contributed by atoms with Crippen molar-refractivity contribution >= 4 is 11.6 Å². The van der Waals surface area contributed by atoms with E-state index < -0.39 is 0 Å². The average molecular weight is 220 g/mol. The highest BCUT2D eigenvalue weighted by atomic mass is 16.1. The molecule has 0 atom stereocenters. The molecule has 0 aromatic heterocycles. The fraction of sp³-hybridized carbons (Fsp3) is 0.462. The monoisotopic (exact) mass is 220 g/mol. The van der Waals surface area contributed by atoms with Crippen LogP contribution in [0.1, 0.15) is 24.0 Å². The molecule has 3 nitrogen and oxygen atoms in total. The van der Waals surface area contributed by atoms with Gasteiger partial charge < -0.3 is 10.6 Å². The molecule has 0 aliphatic rings. The predicted molar refractivity (Wildman–Crippen MR) is 67.7 cm³/mol. The lowest BCUT2D eigenvalue weighted by Crippen LogP contribution is -2.15. The van der Waals surface area contributed by atoms with Crippen molar-refractivity contribution in [1.82, 2.24) is 5.32 Å².